The molecule has 0 aliphatic rings. The number of unbranched alkanes of at least 4 members (excludes halogenated alkanes) is 2. The van der Waals surface area contributed by atoms with E-state index in [1.54, 1.807) is 25.2 Å². The quantitative estimate of drug-likeness (QED) is 0.422. The molecule has 7 nitrogen and oxygen atoms in total. The Morgan fingerprint density at radius 2 is 1.92 bits per heavy atom. The highest BCUT2D eigenvalue weighted by atomic mass is 16.5. The van der Waals surface area contributed by atoms with Crippen LogP contribution in [0.2, 0.25) is 0 Å². The SMILES string of the molecule is CN[C@@H](CC(C)C)C(=O)Nc1ccc(OCCCCCN)c(C(N)=O)c1. The number of nitrogens with one attached hydrogen (secondary N) is 2. The van der Waals surface area contributed by atoms with Gasteiger partial charge in [0, 0.05) is 5.69 Å². The minimum atomic E-state index is -0.592. The Hall–Kier alpha value is -2.12. The van der Waals surface area contributed by atoms with Crippen LogP contribution in [0.4, 0.5) is 5.69 Å². The van der Waals surface area contributed by atoms with Gasteiger partial charge in [-0.05, 0) is 63.4 Å². The number of nitrogens with two attached hydrogens (primary N) is 2. The fourth-order valence-electron chi connectivity index (χ4n) is 2.59. The van der Waals surface area contributed by atoms with Crippen molar-refractivity contribution >= 4 is 17.5 Å². The third-order valence-electron chi connectivity index (χ3n) is 3.99. The lowest BCUT2D eigenvalue weighted by molar-refractivity contribution is -0.118. The lowest BCUT2D eigenvalue weighted by Gasteiger charge is -2.18. The van der Waals surface area contributed by atoms with Crippen molar-refractivity contribution < 1.29 is 14.3 Å². The van der Waals surface area contributed by atoms with E-state index in [1.165, 1.54) is 0 Å². The Morgan fingerprint density at radius 3 is 2.50 bits per heavy atom. The first-order valence-electron chi connectivity index (χ1n) is 9.13. The number of carbonyl (C=O) groups excluding carboxylic acids is 2. The van der Waals surface area contributed by atoms with Gasteiger partial charge in [-0.1, -0.05) is 13.8 Å². The molecule has 26 heavy (non-hydrogen) atoms. The van der Waals surface area contributed by atoms with E-state index in [4.69, 9.17) is 16.2 Å². The number of benzene rings is 1. The number of carbonyl (C=O) groups is 2. The van der Waals surface area contributed by atoms with Gasteiger partial charge < -0.3 is 26.8 Å². The van der Waals surface area contributed by atoms with Crippen molar-refractivity contribution in [3.05, 3.63) is 23.8 Å². The molecule has 0 saturated heterocycles. The second-order valence-electron chi connectivity index (χ2n) is 6.73. The molecular weight excluding hydrogens is 332 g/mol. The van der Waals surface area contributed by atoms with Gasteiger partial charge >= 0.3 is 0 Å². The van der Waals surface area contributed by atoms with Crippen LogP contribution in [-0.4, -0.2) is 38.1 Å². The molecule has 0 aliphatic carbocycles. The minimum Gasteiger partial charge on any atom is -0.493 e. The maximum absolute atomic E-state index is 12.4. The molecule has 0 bridgehead atoms. The lowest BCUT2D eigenvalue weighted by atomic mass is 10.0. The van der Waals surface area contributed by atoms with Crippen molar-refractivity contribution in [2.45, 2.75) is 45.6 Å². The second kappa shape index (κ2) is 11.5. The molecule has 0 heterocycles. The summed E-state index contributed by atoms with van der Waals surface area (Å²) in [5.41, 5.74) is 11.7. The predicted molar refractivity (Wildman–Crippen MR) is 104 cm³/mol. The normalized spacial score (nSPS) is 12.0. The third kappa shape index (κ3) is 7.41. The molecule has 1 aromatic rings. The summed E-state index contributed by atoms with van der Waals surface area (Å²) >= 11 is 0. The summed E-state index contributed by atoms with van der Waals surface area (Å²) in [6, 6.07) is 4.62. The van der Waals surface area contributed by atoms with E-state index >= 15 is 0 Å². The fourth-order valence-corrected chi connectivity index (χ4v) is 2.59. The summed E-state index contributed by atoms with van der Waals surface area (Å²) in [7, 11) is 1.75. The molecule has 0 unspecified atom stereocenters. The summed E-state index contributed by atoms with van der Waals surface area (Å²) in [5, 5.41) is 5.84. The maximum Gasteiger partial charge on any atom is 0.252 e. The number of primary amides is 1. The first-order chi connectivity index (χ1) is 12.4. The van der Waals surface area contributed by atoms with Crippen LogP contribution in [0.1, 0.15) is 49.9 Å². The molecule has 7 heteroatoms. The molecule has 0 aliphatic heterocycles. The third-order valence-corrected chi connectivity index (χ3v) is 3.99. The number of ether oxygens (including phenoxy) is 1. The van der Waals surface area contributed by atoms with Gasteiger partial charge in [-0.2, -0.15) is 0 Å². The van der Waals surface area contributed by atoms with Crippen LogP contribution in [0, 0.1) is 5.92 Å². The summed E-state index contributed by atoms with van der Waals surface area (Å²) < 4.78 is 5.66. The van der Waals surface area contributed by atoms with Crippen LogP contribution >= 0.6 is 0 Å². The molecule has 0 radical (unpaired) electrons. The molecule has 0 saturated carbocycles. The molecule has 1 atom stereocenters. The zero-order valence-electron chi connectivity index (χ0n) is 16.0. The fraction of sp³-hybridized carbons (Fsp3) is 0.579. The molecule has 2 amide bonds. The highest BCUT2D eigenvalue weighted by Gasteiger charge is 2.19. The molecule has 1 rings (SSSR count). The van der Waals surface area contributed by atoms with E-state index in [1.807, 2.05) is 0 Å². The van der Waals surface area contributed by atoms with Crippen molar-refractivity contribution in [1.82, 2.24) is 5.32 Å². The van der Waals surface area contributed by atoms with E-state index in [0.717, 1.165) is 25.7 Å². The smallest absolute Gasteiger partial charge is 0.252 e. The summed E-state index contributed by atoms with van der Waals surface area (Å²) in [5.74, 6) is 0.0718. The van der Waals surface area contributed by atoms with Crippen molar-refractivity contribution in [2.75, 3.05) is 25.5 Å². The van der Waals surface area contributed by atoms with Gasteiger partial charge in [0.1, 0.15) is 5.75 Å². The zero-order valence-corrected chi connectivity index (χ0v) is 16.0. The van der Waals surface area contributed by atoms with Crippen LogP contribution in [0.25, 0.3) is 0 Å². The molecule has 6 N–H and O–H groups in total. The summed E-state index contributed by atoms with van der Waals surface area (Å²) in [4.78, 5) is 24.1. The van der Waals surface area contributed by atoms with Gasteiger partial charge in [0.2, 0.25) is 5.91 Å². The molecule has 0 fully saturated rings. The summed E-state index contributed by atoms with van der Waals surface area (Å²) in [6.45, 7) is 5.26. The Labute approximate surface area is 155 Å². The Kier molecular flexibility index (Phi) is 9.69. The van der Waals surface area contributed by atoms with Gasteiger partial charge in [-0.25, -0.2) is 0 Å². The number of amides is 2. The zero-order chi connectivity index (χ0) is 19.5. The van der Waals surface area contributed by atoms with Crippen molar-refractivity contribution in [2.24, 2.45) is 17.4 Å². The number of likely N-dealkylation sites (N-methyl/N-ethyl adjacent to an activating group) is 1. The molecule has 0 spiro atoms. The van der Waals surface area contributed by atoms with E-state index < -0.39 is 5.91 Å². The number of hydrogen-bond acceptors (Lipinski definition) is 5. The molecule has 1 aromatic carbocycles. The van der Waals surface area contributed by atoms with Crippen LogP contribution < -0.4 is 26.8 Å². The Morgan fingerprint density at radius 1 is 1.19 bits per heavy atom. The van der Waals surface area contributed by atoms with E-state index in [-0.39, 0.29) is 17.5 Å². The first kappa shape index (κ1) is 21.9. The van der Waals surface area contributed by atoms with E-state index in [2.05, 4.69) is 24.5 Å². The van der Waals surface area contributed by atoms with Crippen molar-refractivity contribution in [3.63, 3.8) is 0 Å². The largest absolute Gasteiger partial charge is 0.493 e. The van der Waals surface area contributed by atoms with Crippen LogP contribution in [0.15, 0.2) is 18.2 Å². The monoisotopic (exact) mass is 364 g/mol. The number of anilines is 1. The maximum atomic E-state index is 12.4. The van der Waals surface area contributed by atoms with Crippen molar-refractivity contribution in [1.29, 1.82) is 0 Å². The molecule has 0 aromatic heterocycles. The second-order valence-corrected chi connectivity index (χ2v) is 6.73. The van der Waals surface area contributed by atoms with Gasteiger partial charge in [0.15, 0.2) is 0 Å². The predicted octanol–water partition coefficient (Wildman–Crippen LogP) is 1.87. The number of rotatable bonds is 12. The van der Waals surface area contributed by atoms with Gasteiger partial charge in [-0.15, -0.1) is 0 Å². The molecule has 146 valence electrons. The van der Waals surface area contributed by atoms with Gasteiger partial charge in [0.25, 0.3) is 5.91 Å². The van der Waals surface area contributed by atoms with Crippen LogP contribution in [0.5, 0.6) is 5.75 Å². The standard InChI is InChI=1S/C19H32N4O3/c1-13(2)11-16(22-3)19(25)23-14-7-8-17(15(12-14)18(21)24)26-10-6-4-5-9-20/h7-8,12-13,16,22H,4-6,9-11,20H2,1-3H3,(H2,21,24)(H,23,25)/t16-/m0/s1. The highest BCUT2D eigenvalue weighted by molar-refractivity contribution is 5.99. The average molecular weight is 364 g/mol. The lowest BCUT2D eigenvalue weighted by Crippen LogP contribution is -2.39. The minimum absolute atomic E-state index is 0.146. The average Bonchev–Trinajstić information content (AvgIpc) is 2.59. The van der Waals surface area contributed by atoms with Crippen molar-refractivity contribution in [3.8, 4) is 5.75 Å². The first-order valence-corrected chi connectivity index (χ1v) is 9.13. The van der Waals surface area contributed by atoms with E-state index in [0.29, 0.717) is 30.5 Å². The topological polar surface area (TPSA) is 119 Å². The van der Waals surface area contributed by atoms with E-state index in [9.17, 15) is 9.59 Å². The van der Waals surface area contributed by atoms with Crippen LogP contribution in [0.3, 0.4) is 0 Å². The van der Waals surface area contributed by atoms with Crippen LogP contribution in [-0.2, 0) is 4.79 Å². The molecular formula is C19H32N4O3. The highest BCUT2D eigenvalue weighted by Crippen LogP contribution is 2.23. The number of hydrogen-bond donors (Lipinski definition) is 4. The van der Waals surface area contributed by atoms with Gasteiger partial charge in [0.05, 0.1) is 18.2 Å². The van der Waals surface area contributed by atoms with Gasteiger partial charge in [-0.3, -0.25) is 9.59 Å². The summed E-state index contributed by atoms with van der Waals surface area (Å²) in [6.07, 6.45) is 3.49. The Bertz CT molecular complexity index is 590. The Balaban J connectivity index is 2.77.